The van der Waals surface area contributed by atoms with Gasteiger partial charge >= 0.3 is 0 Å². The second-order valence-electron chi connectivity index (χ2n) is 8.25. The van der Waals surface area contributed by atoms with Gasteiger partial charge in [0.2, 0.25) is 0 Å². The first kappa shape index (κ1) is 20.8. The Morgan fingerprint density at radius 2 is 1.94 bits per heavy atom. The van der Waals surface area contributed by atoms with Crippen molar-refractivity contribution < 1.29 is 17.9 Å². The molecule has 166 valence electrons. The Morgan fingerprint density at radius 3 is 2.69 bits per heavy atom. The van der Waals surface area contributed by atoms with Crippen molar-refractivity contribution in [3.05, 3.63) is 65.2 Å². The lowest BCUT2D eigenvalue weighted by molar-refractivity contribution is 0.146. The Bertz CT molecular complexity index is 1300. The first-order valence-electron chi connectivity index (χ1n) is 10.6. The van der Waals surface area contributed by atoms with Crippen LogP contribution < -0.4 is 5.32 Å². The summed E-state index contributed by atoms with van der Waals surface area (Å²) in [5.74, 6) is -0.415. The van der Waals surface area contributed by atoms with E-state index in [1.807, 2.05) is 6.92 Å². The summed E-state index contributed by atoms with van der Waals surface area (Å²) in [5.41, 5.74) is 1.39. The largest absolute Gasteiger partial charge is 0.379 e. The van der Waals surface area contributed by atoms with E-state index in [9.17, 15) is 13.2 Å². The summed E-state index contributed by atoms with van der Waals surface area (Å²) >= 11 is 0. The number of hydrogen-bond donors (Lipinski definition) is 1. The van der Waals surface area contributed by atoms with Gasteiger partial charge in [-0.1, -0.05) is 18.2 Å². The Kier molecular flexibility index (Phi) is 5.25. The van der Waals surface area contributed by atoms with Gasteiger partial charge in [-0.3, -0.25) is 0 Å². The van der Waals surface area contributed by atoms with Crippen LogP contribution in [0.5, 0.6) is 0 Å². The molecule has 1 N–H and O–H groups in total. The van der Waals surface area contributed by atoms with Crippen molar-refractivity contribution in [1.29, 1.82) is 0 Å². The second-order valence-corrected chi connectivity index (χ2v) is 8.25. The van der Waals surface area contributed by atoms with Crippen LogP contribution in [-0.2, 0) is 4.74 Å². The van der Waals surface area contributed by atoms with Gasteiger partial charge in [0.15, 0.2) is 5.82 Å². The average molecular weight is 440 g/mol. The predicted molar refractivity (Wildman–Crippen MR) is 118 cm³/mol. The Morgan fingerprint density at radius 1 is 1.12 bits per heavy atom. The molecule has 0 radical (unpaired) electrons. The molecule has 0 aliphatic carbocycles. The third kappa shape index (κ3) is 3.48. The molecule has 0 saturated carbocycles. The number of hydrogen-bond acceptors (Lipinski definition) is 4. The zero-order valence-corrected chi connectivity index (χ0v) is 17.8. The molecule has 1 aliphatic heterocycles. The molecule has 0 bridgehead atoms. The predicted octanol–water partition coefficient (Wildman–Crippen LogP) is 6.10. The number of nitrogens with zero attached hydrogens (tertiary/aromatic N) is 3. The number of halogens is 3. The molecule has 5 nitrogen and oxygen atoms in total. The topological polar surface area (TPSA) is 52.0 Å². The van der Waals surface area contributed by atoms with Crippen LogP contribution in [0.2, 0.25) is 0 Å². The van der Waals surface area contributed by atoms with E-state index in [0.717, 1.165) is 46.5 Å². The number of nitrogens with one attached hydrogen (secondary N) is 1. The number of benzene rings is 2. The van der Waals surface area contributed by atoms with Crippen LogP contribution in [0.4, 0.5) is 19.0 Å². The number of rotatable bonds is 5. The van der Waals surface area contributed by atoms with E-state index in [0.29, 0.717) is 12.4 Å². The molecule has 1 aliphatic rings. The minimum absolute atomic E-state index is 0.158. The Hall–Kier alpha value is -3.13. The van der Waals surface area contributed by atoms with Gasteiger partial charge in [0, 0.05) is 40.0 Å². The highest BCUT2D eigenvalue weighted by Crippen LogP contribution is 2.34. The van der Waals surface area contributed by atoms with Crippen molar-refractivity contribution in [2.45, 2.75) is 38.8 Å². The van der Waals surface area contributed by atoms with Crippen LogP contribution in [0.25, 0.3) is 21.7 Å². The summed E-state index contributed by atoms with van der Waals surface area (Å²) in [6.07, 6.45) is 0.153. The molecule has 1 unspecified atom stereocenters. The van der Waals surface area contributed by atoms with Crippen molar-refractivity contribution in [2.24, 2.45) is 0 Å². The van der Waals surface area contributed by atoms with Gasteiger partial charge in [0.25, 0.3) is 6.43 Å². The van der Waals surface area contributed by atoms with Crippen LogP contribution in [-0.4, -0.2) is 28.0 Å². The van der Waals surface area contributed by atoms with E-state index < -0.39 is 23.8 Å². The van der Waals surface area contributed by atoms with E-state index >= 15 is 0 Å². The number of anilines is 1. The minimum atomic E-state index is -2.87. The van der Waals surface area contributed by atoms with Crippen LogP contribution in [0, 0.1) is 12.7 Å². The molecule has 1 saturated heterocycles. The van der Waals surface area contributed by atoms with Crippen molar-refractivity contribution >= 4 is 27.5 Å². The molecular weight excluding hydrogens is 417 g/mol. The SMILES string of the molecule is Cc1nnc(N[C@H](C)c2cccc(C(F)F)c2F)c2cc3c(ccn3C3CCOC3)cc12. The average Bonchev–Trinajstić information content (AvgIpc) is 3.44. The lowest BCUT2D eigenvalue weighted by Gasteiger charge is -2.19. The second kappa shape index (κ2) is 8.09. The summed E-state index contributed by atoms with van der Waals surface area (Å²) < 4.78 is 48.7. The maximum absolute atomic E-state index is 14.7. The summed E-state index contributed by atoms with van der Waals surface area (Å²) in [5, 5.41) is 14.6. The van der Waals surface area contributed by atoms with Crippen molar-refractivity contribution in [2.75, 3.05) is 18.5 Å². The number of aromatic nitrogens is 3. The quantitative estimate of drug-likeness (QED) is 0.407. The number of aryl methyl sites for hydroxylation is 1. The molecule has 0 spiro atoms. The van der Waals surface area contributed by atoms with E-state index in [4.69, 9.17) is 4.74 Å². The van der Waals surface area contributed by atoms with E-state index in [-0.39, 0.29) is 11.6 Å². The van der Waals surface area contributed by atoms with E-state index in [2.05, 4.69) is 44.5 Å². The fourth-order valence-corrected chi connectivity index (χ4v) is 4.45. The van der Waals surface area contributed by atoms with E-state index in [1.54, 1.807) is 6.92 Å². The van der Waals surface area contributed by atoms with Gasteiger partial charge in [0.05, 0.1) is 29.9 Å². The summed E-state index contributed by atoms with van der Waals surface area (Å²) in [4.78, 5) is 0. The molecule has 2 aromatic carbocycles. The lowest BCUT2D eigenvalue weighted by atomic mass is 10.0. The standard InChI is InChI=1S/C24H23F3N4O/c1-13(17-4-3-5-18(22(17)25)23(26)27)28-24-20-11-21-15(10-19(20)14(2)29-30-24)6-8-31(21)16-7-9-32-12-16/h3-6,8,10-11,13,16,23H,7,9,12H2,1-2H3,(H,28,30)/t13-,16?/m1/s1. The summed E-state index contributed by atoms with van der Waals surface area (Å²) in [7, 11) is 0. The van der Waals surface area contributed by atoms with Gasteiger partial charge in [0.1, 0.15) is 5.82 Å². The molecule has 32 heavy (non-hydrogen) atoms. The number of ether oxygens (including phenoxy) is 1. The number of fused-ring (bicyclic) bond motifs is 2. The summed E-state index contributed by atoms with van der Waals surface area (Å²) in [6, 6.07) is 9.97. The molecule has 2 aromatic heterocycles. The first-order valence-corrected chi connectivity index (χ1v) is 10.6. The smallest absolute Gasteiger partial charge is 0.266 e. The highest BCUT2D eigenvalue weighted by atomic mass is 19.3. The van der Waals surface area contributed by atoms with Crippen molar-refractivity contribution in [1.82, 2.24) is 14.8 Å². The maximum Gasteiger partial charge on any atom is 0.266 e. The highest BCUT2D eigenvalue weighted by Gasteiger charge is 2.22. The Labute approximate surface area is 183 Å². The normalized spacial score (nSPS) is 17.5. The van der Waals surface area contributed by atoms with Crippen LogP contribution in [0.1, 0.15) is 48.7 Å². The van der Waals surface area contributed by atoms with Gasteiger partial charge in [-0.05, 0) is 38.5 Å². The molecule has 0 amide bonds. The minimum Gasteiger partial charge on any atom is -0.379 e. The first-order chi connectivity index (χ1) is 15.4. The maximum atomic E-state index is 14.7. The van der Waals surface area contributed by atoms with Gasteiger partial charge in [-0.2, -0.15) is 5.10 Å². The van der Waals surface area contributed by atoms with Gasteiger partial charge in [-0.25, -0.2) is 13.2 Å². The van der Waals surface area contributed by atoms with Crippen molar-refractivity contribution in [3.8, 4) is 0 Å². The van der Waals surface area contributed by atoms with Crippen molar-refractivity contribution in [3.63, 3.8) is 0 Å². The van der Waals surface area contributed by atoms with Crippen LogP contribution in [0.3, 0.4) is 0 Å². The van der Waals surface area contributed by atoms with Gasteiger partial charge < -0.3 is 14.6 Å². The fourth-order valence-electron chi connectivity index (χ4n) is 4.45. The van der Waals surface area contributed by atoms with Crippen LogP contribution in [0.15, 0.2) is 42.6 Å². The lowest BCUT2D eigenvalue weighted by Crippen LogP contribution is -2.12. The molecule has 2 atom stereocenters. The Balaban J connectivity index is 1.58. The molecule has 8 heteroatoms. The highest BCUT2D eigenvalue weighted by molar-refractivity contribution is 6.02. The third-order valence-corrected chi connectivity index (χ3v) is 6.22. The zero-order valence-electron chi connectivity index (χ0n) is 17.8. The summed E-state index contributed by atoms with van der Waals surface area (Å²) in [6.45, 7) is 5.04. The fraction of sp³-hybridized carbons (Fsp3) is 0.333. The van der Waals surface area contributed by atoms with Crippen LogP contribution >= 0.6 is 0 Å². The van der Waals surface area contributed by atoms with E-state index in [1.165, 1.54) is 12.1 Å². The molecule has 4 aromatic rings. The number of alkyl halides is 2. The molecule has 5 rings (SSSR count). The monoisotopic (exact) mass is 440 g/mol. The molecule has 3 heterocycles. The zero-order chi connectivity index (χ0) is 22.4. The third-order valence-electron chi connectivity index (χ3n) is 6.22. The molecular formula is C24H23F3N4O. The van der Waals surface area contributed by atoms with Gasteiger partial charge in [-0.15, -0.1) is 5.10 Å². The molecule has 1 fully saturated rings.